The van der Waals surface area contributed by atoms with E-state index in [0.29, 0.717) is 20.6 Å². The lowest BCUT2D eigenvalue weighted by Crippen LogP contribution is -2.49. The molecule has 2 N–H and O–H groups in total. The molecule has 1 aliphatic heterocycles. The second-order valence-corrected chi connectivity index (χ2v) is 8.01. The van der Waals surface area contributed by atoms with Gasteiger partial charge in [0.2, 0.25) is 11.8 Å². The molecule has 1 saturated heterocycles. The first kappa shape index (κ1) is 21.7. The second kappa shape index (κ2) is 9.22. The van der Waals surface area contributed by atoms with Crippen molar-refractivity contribution in [2.75, 3.05) is 5.32 Å². The quantitative estimate of drug-likeness (QED) is 0.643. The first-order valence-electron chi connectivity index (χ1n) is 8.56. The molecule has 4 amide bonds. The van der Waals surface area contributed by atoms with E-state index in [1.165, 1.54) is 12.1 Å². The number of carbonyl (C=O) groups excluding carboxylic acids is 3. The molecule has 1 atom stereocenters. The van der Waals surface area contributed by atoms with Crippen LogP contribution in [-0.2, 0) is 16.1 Å². The minimum atomic E-state index is -0.931. The molecule has 0 aliphatic carbocycles. The van der Waals surface area contributed by atoms with E-state index >= 15 is 0 Å². The summed E-state index contributed by atoms with van der Waals surface area (Å²) in [4.78, 5) is 38.4. The van der Waals surface area contributed by atoms with Gasteiger partial charge in [0.1, 0.15) is 6.04 Å². The van der Waals surface area contributed by atoms with E-state index in [9.17, 15) is 14.4 Å². The molecule has 10 heteroatoms. The Balaban J connectivity index is 1.68. The number of hydrogen-bond acceptors (Lipinski definition) is 3. The summed E-state index contributed by atoms with van der Waals surface area (Å²) in [5.41, 5.74) is 0.950. The molecule has 29 heavy (non-hydrogen) atoms. The van der Waals surface area contributed by atoms with Crippen LogP contribution in [0.3, 0.4) is 0 Å². The minimum absolute atomic E-state index is 0.0849. The van der Waals surface area contributed by atoms with Gasteiger partial charge in [-0.2, -0.15) is 0 Å². The zero-order valence-electron chi connectivity index (χ0n) is 14.8. The molecule has 152 valence electrons. The number of imide groups is 1. The van der Waals surface area contributed by atoms with E-state index in [-0.39, 0.29) is 30.1 Å². The summed E-state index contributed by atoms with van der Waals surface area (Å²) in [5.74, 6) is -0.906. The second-order valence-electron chi connectivity index (χ2n) is 6.33. The summed E-state index contributed by atoms with van der Waals surface area (Å²) < 4.78 is 0. The third-order valence-corrected chi connectivity index (χ3v) is 5.51. The summed E-state index contributed by atoms with van der Waals surface area (Å²) in [5, 5.41) is 6.76. The number of nitrogens with zero attached hydrogens (tertiary/aromatic N) is 1. The van der Waals surface area contributed by atoms with Crippen LogP contribution >= 0.6 is 46.4 Å². The zero-order valence-corrected chi connectivity index (χ0v) is 17.9. The summed E-state index contributed by atoms with van der Waals surface area (Å²) in [6.07, 6.45) is 0.308. The van der Waals surface area contributed by atoms with Crippen LogP contribution in [0.4, 0.5) is 10.5 Å². The van der Waals surface area contributed by atoms with E-state index in [0.717, 1.165) is 4.90 Å². The Kier molecular flexibility index (Phi) is 6.90. The van der Waals surface area contributed by atoms with Crippen molar-refractivity contribution in [3.05, 3.63) is 62.1 Å². The summed E-state index contributed by atoms with van der Waals surface area (Å²) in [6, 6.07) is 7.78. The molecule has 0 bridgehead atoms. The van der Waals surface area contributed by atoms with Gasteiger partial charge >= 0.3 is 6.03 Å². The molecular weight excluding hydrogens is 460 g/mol. The average Bonchev–Trinajstić information content (AvgIpc) is 3.05. The van der Waals surface area contributed by atoms with Crippen molar-refractivity contribution in [1.82, 2.24) is 10.2 Å². The average molecular weight is 475 g/mol. The Morgan fingerprint density at radius 2 is 1.66 bits per heavy atom. The van der Waals surface area contributed by atoms with Crippen LogP contribution in [0.25, 0.3) is 0 Å². The highest BCUT2D eigenvalue weighted by Crippen LogP contribution is 2.27. The van der Waals surface area contributed by atoms with Crippen molar-refractivity contribution in [3.8, 4) is 0 Å². The SMILES string of the molecule is O=C(NCc1ccc(Cl)cc1Cl)C1CCC(=O)N1C(=O)Nc1ccc(Cl)cc1Cl. The van der Waals surface area contributed by atoms with E-state index in [1.54, 1.807) is 24.3 Å². The molecule has 1 fully saturated rings. The first-order valence-corrected chi connectivity index (χ1v) is 10.1. The van der Waals surface area contributed by atoms with Gasteiger partial charge in [-0.25, -0.2) is 4.79 Å². The van der Waals surface area contributed by atoms with Gasteiger partial charge in [0, 0.05) is 28.0 Å². The van der Waals surface area contributed by atoms with Crippen molar-refractivity contribution >= 4 is 69.9 Å². The molecule has 2 aromatic rings. The molecule has 1 heterocycles. The molecule has 2 aromatic carbocycles. The number of rotatable bonds is 4. The highest BCUT2D eigenvalue weighted by Gasteiger charge is 2.40. The molecule has 0 aromatic heterocycles. The van der Waals surface area contributed by atoms with E-state index in [4.69, 9.17) is 46.4 Å². The van der Waals surface area contributed by atoms with Gasteiger partial charge in [0.25, 0.3) is 0 Å². The van der Waals surface area contributed by atoms with Gasteiger partial charge in [0.05, 0.1) is 10.7 Å². The third kappa shape index (κ3) is 5.14. The maximum atomic E-state index is 12.6. The normalized spacial score (nSPS) is 16.1. The highest BCUT2D eigenvalue weighted by molar-refractivity contribution is 6.37. The Morgan fingerprint density at radius 3 is 2.31 bits per heavy atom. The monoisotopic (exact) mass is 473 g/mol. The Labute approximate surface area is 187 Å². The maximum Gasteiger partial charge on any atom is 0.329 e. The van der Waals surface area contributed by atoms with Gasteiger partial charge in [-0.3, -0.25) is 14.5 Å². The number of amides is 4. The van der Waals surface area contributed by atoms with Crippen LogP contribution in [-0.4, -0.2) is 28.8 Å². The minimum Gasteiger partial charge on any atom is -0.350 e. The van der Waals surface area contributed by atoms with Crippen molar-refractivity contribution < 1.29 is 14.4 Å². The number of halogens is 4. The molecule has 0 saturated carbocycles. The Bertz CT molecular complexity index is 983. The van der Waals surface area contributed by atoms with E-state index < -0.39 is 23.9 Å². The van der Waals surface area contributed by atoms with Crippen molar-refractivity contribution in [2.45, 2.75) is 25.4 Å². The molecule has 1 aliphatic rings. The van der Waals surface area contributed by atoms with Crippen molar-refractivity contribution in [1.29, 1.82) is 0 Å². The van der Waals surface area contributed by atoms with Crippen molar-refractivity contribution in [2.24, 2.45) is 0 Å². The number of benzene rings is 2. The highest BCUT2D eigenvalue weighted by atomic mass is 35.5. The Morgan fingerprint density at radius 1 is 1.00 bits per heavy atom. The van der Waals surface area contributed by atoms with Crippen LogP contribution in [0.15, 0.2) is 36.4 Å². The fourth-order valence-electron chi connectivity index (χ4n) is 2.92. The van der Waals surface area contributed by atoms with Gasteiger partial charge in [0.15, 0.2) is 0 Å². The molecule has 0 radical (unpaired) electrons. The van der Waals surface area contributed by atoms with E-state index in [2.05, 4.69) is 10.6 Å². The van der Waals surface area contributed by atoms with Gasteiger partial charge in [-0.15, -0.1) is 0 Å². The predicted molar refractivity (Wildman–Crippen MR) is 114 cm³/mol. The maximum absolute atomic E-state index is 12.6. The zero-order chi connectivity index (χ0) is 21.1. The van der Waals surface area contributed by atoms with Crippen LogP contribution in [0.2, 0.25) is 20.1 Å². The molecular formula is C19H15Cl4N3O3. The third-order valence-electron chi connectivity index (χ3n) is 4.37. The fourth-order valence-corrected chi connectivity index (χ4v) is 3.85. The summed E-state index contributed by atoms with van der Waals surface area (Å²) >= 11 is 23.9. The lowest BCUT2D eigenvalue weighted by Gasteiger charge is -2.23. The van der Waals surface area contributed by atoms with Crippen molar-refractivity contribution in [3.63, 3.8) is 0 Å². The number of urea groups is 1. The standard InChI is InChI=1S/C19H15Cl4N3O3/c20-11-2-1-10(13(22)7-11)9-24-18(28)16-5-6-17(27)26(16)19(29)25-15-4-3-12(21)8-14(15)23/h1-4,7-8,16H,5-6,9H2,(H,24,28)(H,25,29). The van der Waals surface area contributed by atoms with Gasteiger partial charge < -0.3 is 10.6 Å². The number of hydrogen-bond donors (Lipinski definition) is 2. The number of nitrogens with one attached hydrogen (secondary N) is 2. The smallest absolute Gasteiger partial charge is 0.329 e. The Hall–Kier alpha value is -1.99. The van der Waals surface area contributed by atoms with Crippen LogP contribution in [0.1, 0.15) is 18.4 Å². The fraction of sp³-hybridized carbons (Fsp3) is 0.211. The largest absolute Gasteiger partial charge is 0.350 e. The molecule has 3 rings (SSSR count). The van der Waals surface area contributed by atoms with Crippen LogP contribution in [0.5, 0.6) is 0 Å². The number of carbonyl (C=O) groups is 3. The lowest BCUT2D eigenvalue weighted by atomic mass is 10.2. The summed E-state index contributed by atoms with van der Waals surface area (Å²) in [6.45, 7) is 0.137. The van der Waals surface area contributed by atoms with Crippen LogP contribution < -0.4 is 10.6 Å². The molecule has 1 unspecified atom stereocenters. The van der Waals surface area contributed by atoms with Gasteiger partial charge in [-0.05, 0) is 42.3 Å². The predicted octanol–water partition coefficient (Wildman–Crippen LogP) is 5.14. The number of anilines is 1. The lowest BCUT2D eigenvalue weighted by molar-refractivity contribution is -0.132. The molecule has 0 spiro atoms. The number of likely N-dealkylation sites (tertiary alicyclic amines) is 1. The topological polar surface area (TPSA) is 78.5 Å². The molecule has 6 nitrogen and oxygen atoms in total. The van der Waals surface area contributed by atoms with Crippen LogP contribution in [0, 0.1) is 0 Å². The van der Waals surface area contributed by atoms with E-state index in [1.807, 2.05) is 0 Å². The summed E-state index contributed by atoms with van der Waals surface area (Å²) in [7, 11) is 0. The van der Waals surface area contributed by atoms with Gasteiger partial charge in [-0.1, -0.05) is 52.5 Å². The first-order chi connectivity index (χ1) is 13.8.